The monoisotopic (exact) mass is 414 g/mol. The van der Waals surface area contributed by atoms with E-state index < -0.39 is 0 Å². The van der Waals surface area contributed by atoms with E-state index in [1.807, 2.05) is 54.6 Å². The van der Waals surface area contributed by atoms with Gasteiger partial charge in [0.2, 0.25) is 5.88 Å². The van der Waals surface area contributed by atoms with Gasteiger partial charge in [0.25, 0.3) is 5.91 Å². The fourth-order valence-corrected chi connectivity index (χ4v) is 3.12. The van der Waals surface area contributed by atoms with Gasteiger partial charge in [0, 0.05) is 18.1 Å². The average Bonchev–Trinajstić information content (AvgIpc) is 2.80. The Balaban J connectivity index is 1.62. The van der Waals surface area contributed by atoms with Crippen LogP contribution in [0.1, 0.15) is 10.4 Å². The number of rotatable bonds is 6. The minimum atomic E-state index is -0.287. The minimum Gasteiger partial charge on any atom is -0.497 e. The molecule has 0 aliphatic carbocycles. The molecule has 156 valence electrons. The van der Waals surface area contributed by atoms with Gasteiger partial charge in [-0.2, -0.15) is 0 Å². The lowest BCUT2D eigenvalue weighted by Gasteiger charge is -2.13. The van der Waals surface area contributed by atoms with Crippen molar-refractivity contribution in [2.75, 3.05) is 25.2 Å². The number of fused-ring (bicyclic) bond motifs is 1. The molecule has 0 radical (unpaired) electrons. The van der Waals surface area contributed by atoms with Crippen molar-refractivity contribution in [3.05, 3.63) is 78.4 Å². The topological polar surface area (TPSA) is 98.5 Å². The van der Waals surface area contributed by atoms with E-state index in [4.69, 9.17) is 15.2 Å². The van der Waals surface area contributed by atoms with Gasteiger partial charge in [-0.1, -0.05) is 12.1 Å². The van der Waals surface area contributed by atoms with Crippen LogP contribution in [0.3, 0.4) is 0 Å². The summed E-state index contributed by atoms with van der Waals surface area (Å²) in [6.07, 6.45) is 0. The summed E-state index contributed by atoms with van der Waals surface area (Å²) in [5.74, 6) is 1.18. The number of ether oxygens (including phenoxy) is 2. The Hall–Kier alpha value is -4.26. The van der Waals surface area contributed by atoms with Crippen molar-refractivity contribution in [2.45, 2.75) is 0 Å². The number of nitrogens with two attached hydrogens (primary N) is 1. The second-order valence-corrected chi connectivity index (χ2v) is 6.82. The first-order valence-electron chi connectivity index (χ1n) is 9.67. The van der Waals surface area contributed by atoms with Gasteiger partial charge in [-0.25, -0.2) is 4.98 Å². The maximum absolute atomic E-state index is 12.4. The number of hydrogen-bond acceptors (Lipinski definition) is 6. The average molecular weight is 414 g/mol. The van der Waals surface area contributed by atoms with E-state index in [9.17, 15) is 4.79 Å². The lowest BCUT2D eigenvalue weighted by atomic mass is 10.1. The molecule has 0 spiro atoms. The number of benzene rings is 3. The van der Waals surface area contributed by atoms with E-state index in [1.54, 1.807) is 32.4 Å². The standard InChI is InChI=1S/C24H22N4O3/c1-26-23(29)19-14-15-13-18(30-2)11-12-21(15)28-24(19)31-17-9-7-16(8-10-17)27-22-6-4-3-5-20(22)25/h3-14,27H,25H2,1-2H3,(H,26,29). The molecule has 0 unspecified atom stereocenters. The number of nitrogens with zero attached hydrogens (tertiary/aromatic N) is 1. The molecule has 0 saturated heterocycles. The van der Waals surface area contributed by atoms with E-state index >= 15 is 0 Å². The predicted molar refractivity (Wildman–Crippen MR) is 122 cm³/mol. The smallest absolute Gasteiger partial charge is 0.256 e. The van der Waals surface area contributed by atoms with E-state index in [2.05, 4.69) is 15.6 Å². The second kappa shape index (κ2) is 8.62. The molecule has 0 aliphatic rings. The Bertz CT molecular complexity index is 1240. The van der Waals surface area contributed by atoms with Gasteiger partial charge >= 0.3 is 0 Å². The molecular formula is C24H22N4O3. The second-order valence-electron chi connectivity index (χ2n) is 6.82. The number of hydrogen-bond donors (Lipinski definition) is 3. The van der Waals surface area contributed by atoms with Crippen molar-refractivity contribution in [1.29, 1.82) is 0 Å². The number of para-hydroxylation sites is 2. The van der Waals surface area contributed by atoms with E-state index in [-0.39, 0.29) is 11.8 Å². The van der Waals surface area contributed by atoms with Crippen LogP contribution in [-0.4, -0.2) is 25.0 Å². The molecule has 4 aromatic rings. The van der Waals surface area contributed by atoms with Crippen molar-refractivity contribution in [3.8, 4) is 17.4 Å². The normalized spacial score (nSPS) is 10.5. The first-order chi connectivity index (χ1) is 15.1. The van der Waals surface area contributed by atoms with Crippen LogP contribution >= 0.6 is 0 Å². The first-order valence-corrected chi connectivity index (χ1v) is 9.67. The molecular weight excluding hydrogens is 392 g/mol. The van der Waals surface area contributed by atoms with Gasteiger partial charge in [-0.05, 0) is 60.7 Å². The van der Waals surface area contributed by atoms with Crippen molar-refractivity contribution < 1.29 is 14.3 Å². The quantitative estimate of drug-likeness (QED) is 0.395. The third-order valence-corrected chi connectivity index (χ3v) is 4.77. The number of nitrogens with one attached hydrogen (secondary N) is 2. The fourth-order valence-electron chi connectivity index (χ4n) is 3.12. The van der Waals surface area contributed by atoms with Crippen molar-refractivity contribution in [3.63, 3.8) is 0 Å². The fraction of sp³-hybridized carbons (Fsp3) is 0.0833. The third-order valence-electron chi connectivity index (χ3n) is 4.77. The molecule has 31 heavy (non-hydrogen) atoms. The number of amides is 1. The lowest BCUT2D eigenvalue weighted by molar-refractivity contribution is 0.0960. The number of aromatic nitrogens is 1. The molecule has 0 fully saturated rings. The summed E-state index contributed by atoms with van der Waals surface area (Å²) in [7, 11) is 3.16. The van der Waals surface area contributed by atoms with Crippen LogP contribution in [-0.2, 0) is 0 Å². The Morgan fingerprint density at radius 2 is 1.71 bits per heavy atom. The molecule has 1 heterocycles. The molecule has 0 aliphatic heterocycles. The highest BCUT2D eigenvalue weighted by Gasteiger charge is 2.16. The van der Waals surface area contributed by atoms with Crippen LogP contribution in [0.15, 0.2) is 72.8 Å². The van der Waals surface area contributed by atoms with Crippen LogP contribution < -0.4 is 25.8 Å². The van der Waals surface area contributed by atoms with Crippen LogP contribution in [0.4, 0.5) is 17.1 Å². The van der Waals surface area contributed by atoms with Gasteiger partial charge in [0.05, 0.1) is 24.0 Å². The summed E-state index contributed by atoms with van der Waals surface area (Å²) in [4.78, 5) is 17.0. The summed E-state index contributed by atoms with van der Waals surface area (Å²) in [6.45, 7) is 0. The lowest BCUT2D eigenvalue weighted by Crippen LogP contribution is -2.19. The summed E-state index contributed by atoms with van der Waals surface area (Å²) >= 11 is 0. The van der Waals surface area contributed by atoms with Gasteiger partial charge in [0.1, 0.15) is 17.1 Å². The zero-order valence-corrected chi connectivity index (χ0v) is 17.2. The molecule has 0 saturated carbocycles. The molecule has 7 nitrogen and oxygen atoms in total. The number of carbonyl (C=O) groups excluding carboxylic acids is 1. The van der Waals surface area contributed by atoms with Gasteiger partial charge < -0.3 is 25.8 Å². The van der Waals surface area contributed by atoms with Crippen molar-refractivity contribution in [2.24, 2.45) is 0 Å². The Labute approximate surface area is 179 Å². The molecule has 3 aromatic carbocycles. The molecule has 0 bridgehead atoms. The third kappa shape index (κ3) is 4.35. The summed E-state index contributed by atoms with van der Waals surface area (Å²) < 4.78 is 11.2. The zero-order valence-electron chi connectivity index (χ0n) is 17.2. The van der Waals surface area contributed by atoms with Crippen molar-refractivity contribution in [1.82, 2.24) is 10.3 Å². The Morgan fingerprint density at radius 1 is 0.968 bits per heavy atom. The molecule has 1 amide bonds. The van der Waals surface area contributed by atoms with E-state index in [0.717, 1.165) is 16.8 Å². The highest BCUT2D eigenvalue weighted by molar-refractivity contribution is 6.00. The number of pyridine rings is 1. The van der Waals surface area contributed by atoms with Crippen LogP contribution in [0.5, 0.6) is 17.4 Å². The molecule has 7 heteroatoms. The summed E-state index contributed by atoms with van der Waals surface area (Å²) in [6, 6.07) is 22.1. The number of carbonyl (C=O) groups is 1. The zero-order chi connectivity index (χ0) is 21.8. The van der Waals surface area contributed by atoms with Crippen LogP contribution in [0.2, 0.25) is 0 Å². The number of methoxy groups -OCH3 is 1. The highest BCUT2D eigenvalue weighted by Crippen LogP contribution is 2.30. The van der Waals surface area contributed by atoms with Gasteiger partial charge in [0.15, 0.2) is 0 Å². The SMILES string of the molecule is CNC(=O)c1cc2cc(OC)ccc2nc1Oc1ccc(Nc2ccccc2N)cc1. The number of anilines is 3. The van der Waals surface area contributed by atoms with Crippen LogP contribution in [0.25, 0.3) is 10.9 Å². The molecule has 0 atom stereocenters. The van der Waals surface area contributed by atoms with Crippen molar-refractivity contribution >= 4 is 33.9 Å². The van der Waals surface area contributed by atoms with Crippen LogP contribution in [0, 0.1) is 0 Å². The summed E-state index contributed by atoms with van der Waals surface area (Å²) in [5, 5.41) is 6.68. The maximum Gasteiger partial charge on any atom is 0.256 e. The first kappa shape index (κ1) is 20.0. The molecule has 1 aromatic heterocycles. The maximum atomic E-state index is 12.4. The Kier molecular flexibility index (Phi) is 5.57. The van der Waals surface area contributed by atoms with Gasteiger partial charge in [-0.15, -0.1) is 0 Å². The predicted octanol–water partition coefficient (Wildman–Crippen LogP) is 4.72. The van der Waals surface area contributed by atoms with Gasteiger partial charge in [-0.3, -0.25) is 4.79 Å². The largest absolute Gasteiger partial charge is 0.497 e. The minimum absolute atomic E-state index is 0.227. The summed E-state index contributed by atoms with van der Waals surface area (Å²) in [5.41, 5.74) is 9.36. The molecule has 4 N–H and O–H groups in total. The Morgan fingerprint density at radius 3 is 2.42 bits per heavy atom. The molecule has 4 rings (SSSR count). The van der Waals surface area contributed by atoms with E-state index in [0.29, 0.717) is 28.3 Å². The van der Waals surface area contributed by atoms with E-state index in [1.165, 1.54) is 0 Å². The number of nitrogen functional groups attached to an aromatic ring is 1. The highest BCUT2D eigenvalue weighted by atomic mass is 16.5.